The SMILES string of the molecule is C[N+]1(C)C2CCC(C2)CC1CC(CNC(=O)c1ccccc1)(c1ccccc1)c1ccccc1. The van der Waals surface area contributed by atoms with Gasteiger partial charge in [0.15, 0.2) is 0 Å². The first-order chi connectivity index (χ1) is 16.5. The van der Waals surface area contributed by atoms with Crippen LogP contribution in [0.1, 0.15) is 53.6 Å². The van der Waals surface area contributed by atoms with Gasteiger partial charge in [-0.15, -0.1) is 0 Å². The first kappa shape index (κ1) is 22.9. The molecule has 1 aliphatic carbocycles. The summed E-state index contributed by atoms with van der Waals surface area (Å²) >= 11 is 0. The standard InChI is InChI=1S/C31H36N2O/c1-33(2)28-19-18-24(20-28)21-29(33)22-31(26-14-8-4-9-15-26,27-16-10-5-11-17-27)23-32-30(34)25-12-6-3-7-13-25/h3-17,24,28-29H,18-23H2,1-2H3/p+1. The summed E-state index contributed by atoms with van der Waals surface area (Å²) < 4.78 is 1.09. The lowest BCUT2D eigenvalue weighted by Gasteiger charge is -2.50. The van der Waals surface area contributed by atoms with Crippen LogP contribution in [0.2, 0.25) is 0 Å². The third kappa shape index (κ3) is 4.30. The monoisotopic (exact) mass is 453 g/mol. The van der Waals surface area contributed by atoms with Crippen LogP contribution in [-0.2, 0) is 5.41 Å². The second-order valence-corrected chi connectivity index (χ2v) is 10.9. The summed E-state index contributed by atoms with van der Waals surface area (Å²) in [7, 11) is 4.89. The van der Waals surface area contributed by atoms with Gasteiger partial charge in [0.1, 0.15) is 0 Å². The largest absolute Gasteiger partial charge is 0.351 e. The highest BCUT2D eigenvalue weighted by atomic mass is 16.1. The van der Waals surface area contributed by atoms with E-state index in [-0.39, 0.29) is 11.3 Å². The molecule has 5 rings (SSSR count). The van der Waals surface area contributed by atoms with Crippen molar-refractivity contribution in [3.05, 3.63) is 108 Å². The fraction of sp³-hybridized carbons (Fsp3) is 0.387. The molecule has 0 spiro atoms. The highest BCUT2D eigenvalue weighted by Gasteiger charge is 2.51. The number of carbonyl (C=O) groups excluding carboxylic acids is 1. The zero-order chi connectivity index (χ0) is 23.6. The van der Waals surface area contributed by atoms with Crippen molar-refractivity contribution in [3.63, 3.8) is 0 Å². The number of likely N-dealkylation sites (tertiary alicyclic amines) is 1. The predicted octanol–water partition coefficient (Wildman–Crippen LogP) is 5.81. The molecule has 2 fully saturated rings. The van der Waals surface area contributed by atoms with E-state index in [1.807, 2.05) is 30.3 Å². The molecule has 2 bridgehead atoms. The number of benzene rings is 3. The molecule has 1 aliphatic heterocycles. The maximum atomic E-state index is 13.2. The molecule has 3 aromatic carbocycles. The summed E-state index contributed by atoms with van der Waals surface area (Å²) in [6.07, 6.45) is 6.39. The molecule has 3 atom stereocenters. The molecule has 1 N–H and O–H groups in total. The Morgan fingerprint density at radius 1 is 0.824 bits per heavy atom. The zero-order valence-corrected chi connectivity index (χ0v) is 20.5. The summed E-state index contributed by atoms with van der Waals surface area (Å²) in [5, 5.41) is 3.35. The number of hydrogen-bond acceptors (Lipinski definition) is 1. The summed E-state index contributed by atoms with van der Waals surface area (Å²) in [5.41, 5.74) is 2.99. The number of nitrogens with zero attached hydrogens (tertiary/aromatic N) is 1. The topological polar surface area (TPSA) is 29.1 Å². The first-order valence-electron chi connectivity index (χ1n) is 12.8. The van der Waals surface area contributed by atoms with Crippen LogP contribution >= 0.6 is 0 Å². The molecule has 3 heteroatoms. The molecule has 3 nitrogen and oxygen atoms in total. The molecule has 34 heavy (non-hydrogen) atoms. The smallest absolute Gasteiger partial charge is 0.251 e. The van der Waals surface area contributed by atoms with Crippen LogP contribution in [0.25, 0.3) is 0 Å². The van der Waals surface area contributed by atoms with Crippen molar-refractivity contribution in [2.45, 2.75) is 49.6 Å². The summed E-state index contributed by atoms with van der Waals surface area (Å²) in [5.74, 6) is 0.846. The van der Waals surface area contributed by atoms with Gasteiger partial charge in [0.2, 0.25) is 0 Å². The Kier molecular flexibility index (Phi) is 6.31. The highest BCUT2D eigenvalue weighted by molar-refractivity contribution is 5.94. The molecule has 176 valence electrons. The molecule has 1 saturated heterocycles. The number of hydrogen-bond donors (Lipinski definition) is 1. The minimum atomic E-state index is -0.288. The average Bonchev–Trinajstić information content (AvgIpc) is 3.32. The third-order valence-corrected chi connectivity index (χ3v) is 8.82. The van der Waals surface area contributed by atoms with Gasteiger partial charge in [0.05, 0.1) is 26.2 Å². The number of fused-ring (bicyclic) bond motifs is 2. The van der Waals surface area contributed by atoms with Crippen molar-refractivity contribution in [1.82, 2.24) is 5.32 Å². The van der Waals surface area contributed by atoms with E-state index in [2.05, 4.69) is 80.1 Å². The normalized spacial score (nSPS) is 23.4. The molecule has 1 saturated carbocycles. The minimum Gasteiger partial charge on any atom is -0.351 e. The second-order valence-electron chi connectivity index (χ2n) is 10.9. The van der Waals surface area contributed by atoms with E-state index in [0.717, 1.165) is 22.9 Å². The Hall–Kier alpha value is -2.91. The number of amides is 1. The molecule has 1 amide bonds. The predicted molar refractivity (Wildman–Crippen MR) is 139 cm³/mol. The highest BCUT2D eigenvalue weighted by Crippen LogP contribution is 2.47. The van der Waals surface area contributed by atoms with E-state index >= 15 is 0 Å². The van der Waals surface area contributed by atoms with Gasteiger partial charge in [-0.05, 0) is 42.0 Å². The summed E-state index contributed by atoms with van der Waals surface area (Å²) in [4.78, 5) is 13.2. The number of rotatable bonds is 7. The number of quaternary nitrogens is 1. The van der Waals surface area contributed by atoms with Crippen LogP contribution in [0.4, 0.5) is 0 Å². The van der Waals surface area contributed by atoms with Gasteiger partial charge in [-0.2, -0.15) is 0 Å². The van der Waals surface area contributed by atoms with Crippen LogP contribution < -0.4 is 5.32 Å². The number of piperidine rings is 1. The van der Waals surface area contributed by atoms with Crippen LogP contribution in [0, 0.1) is 5.92 Å². The van der Waals surface area contributed by atoms with Crippen LogP contribution in [0.5, 0.6) is 0 Å². The van der Waals surface area contributed by atoms with E-state index in [9.17, 15) is 4.79 Å². The minimum absolute atomic E-state index is 0.00528. The summed E-state index contributed by atoms with van der Waals surface area (Å²) in [6.45, 7) is 0.584. The molecule has 1 heterocycles. The average molecular weight is 454 g/mol. The number of nitrogens with one attached hydrogen (secondary N) is 1. The van der Waals surface area contributed by atoms with E-state index in [4.69, 9.17) is 0 Å². The van der Waals surface area contributed by atoms with Gasteiger partial charge in [-0.3, -0.25) is 4.79 Å². The van der Waals surface area contributed by atoms with Gasteiger partial charge < -0.3 is 9.80 Å². The number of carbonyl (C=O) groups is 1. The van der Waals surface area contributed by atoms with Crippen molar-refractivity contribution in [1.29, 1.82) is 0 Å². The molecule has 2 aliphatic rings. The Labute approximate surface area is 204 Å². The lowest BCUT2D eigenvalue weighted by molar-refractivity contribution is -0.943. The van der Waals surface area contributed by atoms with Crippen molar-refractivity contribution in [2.24, 2.45) is 5.92 Å². The molecule has 0 aromatic heterocycles. The van der Waals surface area contributed by atoms with Crippen molar-refractivity contribution >= 4 is 5.91 Å². The van der Waals surface area contributed by atoms with Gasteiger partial charge >= 0.3 is 0 Å². The Bertz CT molecular complexity index is 1050. The van der Waals surface area contributed by atoms with Gasteiger partial charge in [-0.25, -0.2) is 0 Å². The van der Waals surface area contributed by atoms with E-state index < -0.39 is 0 Å². The van der Waals surface area contributed by atoms with Gasteiger partial charge in [0, 0.05) is 36.8 Å². The first-order valence-corrected chi connectivity index (χ1v) is 12.8. The fourth-order valence-corrected chi connectivity index (χ4v) is 6.66. The third-order valence-electron chi connectivity index (χ3n) is 8.82. The zero-order valence-electron chi connectivity index (χ0n) is 20.5. The van der Waals surface area contributed by atoms with E-state index in [0.29, 0.717) is 18.2 Å². The fourth-order valence-electron chi connectivity index (χ4n) is 6.66. The van der Waals surface area contributed by atoms with Crippen molar-refractivity contribution < 1.29 is 9.28 Å². The maximum Gasteiger partial charge on any atom is 0.251 e. The van der Waals surface area contributed by atoms with E-state index in [1.54, 1.807) is 0 Å². The quantitative estimate of drug-likeness (QED) is 0.450. The molecular formula is C31H37N2O+. The van der Waals surface area contributed by atoms with Gasteiger partial charge in [-0.1, -0.05) is 78.9 Å². The van der Waals surface area contributed by atoms with Crippen LogP contribution in [-0.4, -0.2) is 43.1 Å². The molecule has 0 radical (unpaired) electrons. The van der Waals surface area contributed by atoms with Crippen LogP contribution in [0.15, 0.2) is 91.0 Å². The Balaban J connectivity index is 1.55. The van der Waals surface area contributed by atoms with Gasteiger partial charge in [0.25, 0.3) is 5.91 Å². The molecule has 3 unspecified atom stereocenters. The second kappa shape index (κ2) is 9.38. The Morgan fingerprint density at radius 2 is 1.38 bits per heavy atom. The Morgan fingerprint density at radius 3 is 1.97 bits per heavy atom. The van der Waals surface area contributed by atoms with Crippen molar-refractivity contribution in [2.75, 3.05) is 20.6 Å². The van der Waals surface area contributed by atoms with Crippen molar-refractivity contribution in [3.8, 4) is 0 Å². The lowest BCUT2D eigenvalue weighted by atomic mass is 9.68. The van der Waals surface area contributed by atoms with E-state index in [1.165, 1.54) is 36.8 Å². The lowest BCUT2D eigenvalue weighted by Crippen LogP contribution is -2.60. The molecule has 3 aromatic rings. The van der Waals surface area contributed by atoms with Crippen LogP contribution in [0.3, 0.4) is 0 Å². The maximum absolute atomic E-state index is 13.2. The molecular weight excluding hydrogens is 416 g/mol. The summed E-state index contributed by atoms with van der Waals surface area (Å²) in [6, 6.07) is 32.6.